The first-order valence-electron chi connectivity index (χ1n) is 8.90. The molecule has 0 spiro atoms. The van der Waals surface area contributed by atoms with Crippen molar-refractivity contribution < 1.29 is 22.7 Å². The Labute approximate surface area is 166 Å². The van der Waals surface area contributed by atoms with Crippen molar-refractivity contribution in [2.45, 2.75) is 24.7 Å². The van der Waals surface area contributed by atoms with E-state index >= 15 is 0 Å². The molecular formula is C20H26N2O5S. The van der Waals surface area contributed by atoms with Crippen molar-refractivity contribution >= 4 is 21.6 Å². The van der Waals surface area contributed by atoms with Crippen LogP contribution in [0.3, 0.4) is 0 Å². The smallest absolute Gasteiger partial charge is 0.246 e. The molecule has 7 nitrogen and oxygen atoms in total. The number of benzene rings is 2. The molecule has 0 saturated heterocycles. The number of hydrogen-bond donors (Lipinski definition) is 1. The Morgan fingerprint density at radius 1 is 1.11 bits per heavy atom. The van der Waals surface area contributed by atoms with Gasteiger partial charge in [-0.05, 0) is 49.2 Å². The zero-order valence-corrected chi connectivity index (χ0v) is 17.4. The summed E-state index contributed by atoms with van der Waals surface area (Å²) in [4.78, 5) is 12.3. The number of hydrogen-bond acceptors (Lipinski definition) is 5. The van der Waals surface area contributed by atoms with Gasteiger partial charge in [-0.25, -0.2) is 12.7 Å². The third-order valence-electron chi connectivity index (χ3n) is 4.09. The lowest BCUT2D eigenvalue weighted by molar-refractivity contribution is -0.116. The van der Waals surface area contributed by atoms with Gasteiger partial charge in [0.2, 0.25) is 15.9 Å². The Morgan fingerprint density at radius 2 is 1.79 bits per heavy atom. The first kappa shape index (κ1) is 21.7. The second-order valence-electron chi connectivity index (χ2n) is 6.28. The van der Waals surface area contributed by atoms with Crippen LogP contribution < -0.4 is 14.8 Å². The number of nitrogens with one attached hydrogen (secondary N) is 1. The second kappa shape index (κ2) is 9.57. The number of rotatable bonds is 9. The molecule has 2 aromatic carbocycles. The maximum absolute atomic E-state index is 12.6. The van der Waals surface area contributed by atoms with E-state index in [9.17, 15) is 13.2 Å². The number of anilines is 1. The van der Waals surface area contributed by atoms with Gasteiger partial charge in [0.15, 0.2) is 0 Å². The van der Waals surface area contributed by atoms with Gasteiger partial charge in [-0.15, -0.1) is 0 Å². The first-order chi connectivity index (χ1) is 13.3. The fourth-order valence-corrected chi connectivity index (χ4v) is 3.58. The van der Waals surface area contributed by atoms with E-state index in [4.69, 9.17) is 9.47 Å². The Balaban J connectivity index is 2.11. The average Bonchev–Trinajstić information content (AvgIpc) is 2.68. The van der Waals surface area contributed by atoms with Gasteiger partial charge in [0, 0.05) is 26.2 Å². The summed E-state index contributed by atoms with van der Waals surface area (Å²) in [6.45, 7) is 2.12. The summed E-state index contributed by atoms with van der Waals surface area (Å²) in [6, 6.07) is 12.1. The van der Waals surface area contributed by atoms with Crippen molar-refractivity contribution in [1.82, 2.24) is 4.31 Å². The minimum atomic E-state index is -3.70. The number of carbonyl (C=O) groups is 1. The van der Waals surface area contributed by atoms with Gasteiger partial charge in [-0.2, -0.15) is 0 Å². The summed E-state index contributed by atoms with van der Waals surface area (Å²) in [5, 5.41) is 2.75. The SMILES string of the molecule is CCOc1ccc(NC(=O)CCc2ccc(OC)cc2)cc1S(=O)(=O)N(C)C. The van der Waals surface area contributed by atoms with E-state index < -0.39 is 10.0 Å². The van der Waals surface area contributed by atoms with E-state index in [-0.39, 0.29) is 23.0 Å². The number of carbonyl (C=O) groups excluding carboxylic acids is 1. The van der Waals surface area contributed by atoms with Crippen LogP contribution >= 0.6 is 0 Å². The molecule has 0 aliphatic heterocycles. The zero-order chi connectivity index (χ0) is 20.7. The van der Waals surface area contributed by atoms with Crippen molar-refractivity contribution in [1.29, 1.82) is 0 Å². The number of amides is 1. The molecule has 28 heavy (non-hydrogen) atoms. The Morgan fingerprint density at radius 3 is 2.36 bits per heavy atom. The van der Waals surface area contributed by atoms with Crippen LogP contribution in [-0.2, 0) is 21.2 Å². The molecule has 0 bridgehead atoms. The van der Waals surface area contributed by atoms with Crippen LogP contribution in [0, 0.1) is 0 Å². The monoisotopic (exact) mass is 406 g/mol. The van der Waals surface area contributed by atoms with Gasteiger partial charge in [0.25, 0.3) is 0 Å². The molecule has 2 aromatic rings. The average molecular weight is 407 g/mol. The third kappa shape index (κ3) is 5.46. The number of nitrogens with zero attached hydrogens (tertiary/aromatic N) is 1. The van der Waals surface area contributed by atoms with E-state index in [0.29, 0.717) is 18.7 Å². The topological polar surface area (TPSA) is 84.9 Å². The minimum Gasteiger partial charge on any atom is -0.497 e. The second-order valence-corrected chi connectivity index (χ2v) is 8.40. The van der Waals surface area contributed by atoms with Gasteiger partial charge in [-0.3, -0.25) is 4.79 Å². The van der Waals surface area contributed by atoms with Crippen molar-refractivity contribution in [3.8, 4) is 11.5 Å². The van der Waals surface area contributed by atoms with Gasteiger partial charge in [-0.1, -0.05) is 12.1 Å². The molecule has 0 fully saturated rings. The van der Waals surface area contributed by atoms with E-state index in [1.165, 1.54) is 20.2 Å². The van der Waals surface area contributed by atoms with E-state index in [2.05, 4.69) is 5.32 Å². The summed E-state index contributed by atoms with van der Waals surface area (Å²) < 4.78 is 36.8. The molecule has 0 saturated carbocycles. The maximum atomic E-state index is 12.6. The van der Waals surface area contributed by atoms with Crippen LogP contribution in [-0.4, -0.2) is 46.4 Å². The van der Waals surface area contributed by atoms with Crippen LogP contribution in [0.25, 0.3) is 0 Å². The quantitative estimate of drug-likeness (QED) is 0.692. The molecular weight excluding hydrogens is 380 g/mol. The minimum absolute atomic E-state index is 0.0207. The summed E-state index contributed by atoms with van der Waals surface area (Å²) >= 11 is 0. The molecule has 0 aliphatic carbocycles. The molecule has 8 heteroatoms. The van der Waals surface area contributed by atoms with Crippen LogP contribution in [0.5, 0.6) is 11.5 Å². The van der Waals surface area contributed by atoms with E-state index in [1.807, 2.05) is 24.3 Å². The summed E-state index contributed by atoms with van der Waals surface area (Å²) in [5.41, 5.74) is 1.42. The molecule has 152 valence electrons. The van der Waals surface area contributed by atoms with Gasteiger partial charge < -0.3 is 14.8 Å². The molecule has 0 aromatic heterocycles. The van der Waals surface area contributed by atoms with Crippen molar-refractivity contribution in [3.05, 3.63) is 48.0 Å². The molecule has 2 rings (SSSR count). The van der Waals surface area contributed by atoms with Crippen LogP contribution in [0.1, 0.15) is 18.9 Å². The van der Waals surface area contributed by atoms with E-state index in [0.717, 1.165) is 15.6 Å². The number of aryl methyl sites for hydroxylation is 1. The molecule has 0 atom stereocenters. The van der Waals surface area contributed by atoms with Crippen LogP contribution in [0.15, 0.2) is 47.4 Å². The summed E-state index contributed by atoms with van der Waals surface area (Å²) in [7, 11) is 0.796. The van der Waals surface area contributed by atoms with Gasteiger partial charge in [0.05, 0.1) is 13.7 Å². The lowest BCUT2D eigenvalue weighted by Gasteiger charge is -2.16. The fourth-order valence-electron chi connectivity index (χ4n) is 2.53. The molecule has 0 radical (unpaired) electrons. The largest absolute Gasteiger partial charge is 0.497 e. The maximum Gasteiger partial charge on any atom is 0.246 e. The first-order valence-corrected chi connectivity index (χ1v) is 10.3. The van der Waals surface area contributed by atoms with E-state index in [1.54, 1.807) is 26.2 Å². The summed E-state index contributed by atoms with van der Waals surface area (Å²) in [5.74, 6) is 0.817. The molecule has 0 unspecified atom stereocenters. The number of methoxy groups -OCH3 is 1. The number of ether oxygens (including phenoxy) is 2. The molecule has 1 amide bonds. The highest BCUT2D eigenvalue weighted by Crippen LogP contribution is 2.29. The highest BCUT2D eigenvalue weighted by molar-refractivity contribution is 7.89. The number of sulfonamides is 1. The Bertz CT molecular complexity index is 909. The Kier molecular flexibility index (Phi) is 7.42. The highest BCUT2D eigenvalue weighted by atomic mass is 32.2. The lowest BCUT2D eigenvalue weighted by atomic mass is 10.1. The van der Waals surface area contributed by atoms with Crippen LogP contribution in [0.4, 0.5) is 5.69 Å². The Hall–Kier alpha value is -2.58. The van der Waals surface area contributed by atoms with Gasteiger partial charge >= 0.3 is 0 Å². The van der Waals surface area contributed by atoms with Crippen molar-refractivity contribution in [2.75, 3.05) is 33.1 Å². The highest BCUT2D eigenvalue weighted by Gasteiger charge is 2.23. The molecule has 1 N–H and O–H groups in total. The normalized spacial score (nSPS) is 11.3. The predicted molar refractivity (Wildman–Crippen MR) is 108 cm³/mol. The molecule has 0 aliphatic rings. The lowest BCUT2D eigenvalue weighted by Crippen LogP contribution is -2.23. The summed E-state index contributed by atoms with van der Waals surface area (Å²) in [6.07, 6.45) is 0.838. The third-order valence-corrected chi connectivity index (χ3v) is 5.92. The van der Waals surface area contributed by atoms with Gasteiger partial charge in [0.1, 0.15) is 16.4 Å². The zero-order valence-electron chi connectivity index (χ0n) is 16.6. The van der Waals surface area contributed by atoms with Crippen LogP contribution in [0.2, 0.25) is 0 Å². The fraction of sp³-hybridized carbons (Fsp3) is 0.350. The standard InChI is InChI=1S/C20H26N2O5S/c1-5-27-18-12-9-16(14-19(18)28(24,25)22(2)3)21-20(23)13-8-15-6-10-17(26-4)11-7-15/h6-7,9-12,14H,5,8,13H2,1-4H3,(H,21,23). The molecule has 0 heterocycles. The van der Waals surface area contributed by atoms with Crippen molar-refractivity contribution in [2.24, 2.45) is 0 Å². The predicted octanol–water partition coefficient (Wildman–Crippen LogP) is 2.92. The van der Waals surface area contributed by atoms with Crippen molar-refractivity contribution in [3.63, 3.8) is 0 Å².